The van der Waals surface area contributed by atoms with Crippen LogP contribution in [0.5, 0.6) is 0 Å². The summed E-state index contributed by atoms with van der Waals surface area (Å²) in [7, 11) is 0. The molecular weight excluding hydrogens is 447 g/mol. The van der Waals surface area contributed by atoms with Crippen LogP contribution >= 0.6 is 23.2 Å². The van der Waals surface area contributed by atoms with Crippen LogP contribution in [0.2, 0.25) is 10.0 Å². The molecule has 2 N–H and O–H groups in total. The molecule has 0 radical (unpaired) electrons. The van der Waals surface area contributed by atoms with Gasteiger partial charge in [0.25, 0.3) is 11.8 Å². The van der Waals surface area contributed by atoms with Crippen LogP contribution in [0, 0.1) is 6.92 Å². The molecule has 0 aliphatic rings. The van der Waals surface area contributed by atoms with Crippen molar-refractivity contribution >= 4 is 46.4 Å². The van der Waals surface area contributed by atoms with Crippen molar-refractivity contribution in [2.45, 2.75) is 6.92 Å². The van der Waals surface area contributed by atoms with Crippen LogP contribution in [0.3, 0.4) is 0 Å². The second kappa shape index (κ2) is 9.30. The molecule has 0 spiro atoms. The normalized spacial score (nSPS) is 10.6. The number of furan rings is 1. The van der Waals surface area contributed by atoms with Gasteiger partial charge in [-0.15, -0.1) is 0 Å². The van der Waals surface area contributed by atoms with Crippen LogP contribution in [0.25, 0.3) is 11.3 Å². The molecule has 32 heavy (non-hydrogen) atoms. The van der Waals surface area contributed by atoms with E-state index in [9.17, 15) is 9.59 Å². The van der Waals surface area contributed by atoms with Crippen molar-refractivity contribution in [3.8, 4) is 11.3 Å². The first kappa shape index (κ1) is 21.7. The number of hydrogen-bond acceptors (Lipinski definition) is 3. The lowest BCUT2D eigenvalue weighted by Crippen LogP contribution is -2.14. The van der Waals surface area contributed by atoms with Crippen LogP contribution in [0.15, 0.2) is 83.3 Å². The molecule has 0 saturated heterocycles. The molecular formula is C25H18Cl2N2O3. The van der Waals surface area contributed by atoms with Gasteiger partial charge in [0.2, 0.25) is 0 Å². The molecule has 1 aromatic heterocycles. The monoisotopic (exact) mass is 464 g/mol. The Morgan fingerprint density at radius 2 is 1.50 bits per heavy atom. The minimum absolute atomic E-state index is 0.116. The van der Waals surface area contributed by atoms with E-state index in [0.717, 1.165) is 5.56 Å². The molecule has 0 aliphatic heterocycles. The highest BCUT2D eigenvalue weighted by molar-refractivity contribution is 6.35. The molecule has 0 bridgehead atoms. The van der Waals surface area contributed by atoms with E-state index >= 15 is 0 Å². The summed E-state index contributed by atoms with van der Waals surface area (Å²) in [6, 6.07) is 22.4. The average Bonchev–Trinajstić information content (AvgIpc) is 3.26. The molecule has 3 aromatic carbocycles. The molecule has 7 heteroatoms. The van der Waals surface area contributed by atoms with E-state index in [-0.39, 0.29) is 11.7 Å². The fourth-order valence-electron chi connectivity index (χ4n) is 3.18. The number of aryl methyl sites for hydroxylation is 1. The Bertz CT molecular complexity index is 1310. The van der Waals surface area contributed by atoms with Crippen LogP contribution in [-0.4, -0.2) is 11.8 Å². The Kier molecular flexibility index (Phi) is 6.30. The Labute approximate surface area is 195 Å². The number of carbonyl (C=O) groups excluding carboxylic acids is 2. The SMILES string of the molecule is Cc1ccccc1C(=O)Nc1cccc(NC(=O)c2ccc(-c3cc(Cl)ccc3Cl)o2)c1. The van der Waals surface area contributed by atoms with Crippen LogP contribution < -0.4 is 10.6 Å². The van der Waals surface area contributed by atoms with Crippen LogP contribution in [0.1, 0.15) is 26.5 Å². The number of rotatable bonds is 5. The fraction of sp³-hybridized carbons (Fsp3) is 0.0400. The molecule has 0 fully saturated rings. The molecule has 0 saturated carbocycles. The van der Waals surface area contributed by atoms with Crippen LogP contribution in [-0.2, 0) is 0 Å². The maximum Gasteiger partial charge on any atom is 0.291 e. The standard InChI is InChI=1S/C25H18Cl2N2O3/c1-15-5-2-3-8-19(15)24(30)28-17-6-4-7-18(14-17)29-25(31)23-12-11-22(32-23)20-13-16(26)9-10-21(20)27/h2-14H,1H3,(H,28,30)(H,29,31). The average molecular weight is 465 g/mol. The van der Waals surface area contributed by atoms with Gasteiger partial charge in [0.05, 0.1) is 5.02 Å². The third-order valence-corrected chi connectivity index (χ3v) is 5.36. The van der Waals surface area contributed by atoms with E-state index < -0.39 is 5.91 Å². The van der Waals surface area contributed by atoms with E-state index in [2.05, 4.69) is 10.6 Å². The first-order valence-electron chi connectivity index (χ1n) is 9.74. The molecule has 0 atom stereocenters. The summed E-state index contributed by atoms with van der Waals surface area (Å²) in [5.74, 6) is -0.107. The number of hydrogen-bond donors (Lipinski definition) is 2. The van der Waals surface area contributed by atoms with Gasteiger partial charge in [-0.2, -0.15) is 0 Å². The smallest absolute Gasteiger partial charge is 0.291 e. The van der Waals surface area contributed by atoms with Crippen molar-refractivity contribution < 1.29 is 14.0 Å². The van der Waals surface area contributed by atoms with Gasteiger partial charge < -0.3 is 15.1 Å². The Morgan fingerprint density at radius 3 is 2.25 bits per heavy atom. The summed E-state index contributed by atoms with van der Waals surface area (Å²) in [4.78, 5) is 25.2. The quantitative estimate of drug-likeness (QED) is 0.331. The molecule has 5 nitrogen and oxygen atoms in total. The second-order valence-electron chi connectivity index (χ2n) is 7.09. The predicted octanol–water partition coefficient (Wildman–Crippen LogP) is 7.07. The van der Waals surface area contributed by atoms with Gasteiger partial charge in [-0.3, -0.25) is 9.59 Å². The van der Waals surface area contributed by atoms with Gasteiger partial charge in [0.15, 0.2) is 5.76 Å². The van der Waals surface area contributed by atoms with Crippen molar-refractivity contribution in [3.63, 3.8) is 0 Å². The zero-order chi connectivity index (χ0) is 22.7. The largest absolute Gasteiger partial charge is 0.451 e. The molecule has 0 aliphatic carbocycles. The minimum atomic E-state index is -0.434. The summed E-state index contributed by atoms with van der Waals surface area (Å²) in [5.41, 5.74) is 3.13. The highest BCUT2D eigenvalue weighted by Crippen LogP contribution is 2.32. The van der Waals surface area contributed by atoms with E-state index in [1.807, 2.05) is 25.1 Å². The maximum atomic E-state index is 12.7. The third-order valence-electron chi connectivity index (χ3n) is 4.79. The molecule has 4 rings (SSSR count). The number of amides is 2. The zero-order valence-electron chi connectivity index (χ0n) is 17.0. The third kappa shape index (κ3) is 4.85. The summed E-state index contributed by atoms with van der Waals surface area (Å²) in [6.45, 7) is 1.87. The number of benzene rings is 3. The molecule has 2 amide bonds. The first-order chi connectivity index (χ1) is 15.4. The second-order valence-corrected chi connectivity index (χ2v) is 7.94. The van der Waals surface area contributed by atoms with Crippen molar-refractivity contribution in [1.29, 1.82) is 0 Å². The summed E-state index contributed by atoms with van der Waals surface area (Å²) in [5, 5.41) is 6.60. The molecule has 160 valence electrons. The van der Waals surface area contributed by atoms with Gasteiger partial charge in [0, 0.05) is 27.5 Å². The van der Waals surface area contributed by atoms with Crippen molar-refractivity contribution in [2.75, 3.05) is 10.6 Å². The van der Waals surface area contributed by atoms with Crippen molar-refractivity contribution in [3.05, 3.63) is 106 Å². The van der Waals surface area contributed by atoms with Gasteiger partial charge in [-0.25, -0.2) is 0 Å². The highest BCUT2D eigenvalue weighted by Gasteiger charge is 2.15. The lowest BCUT2D eigenvalue weighted by molar-refractivity contribution is 0.0995. The van der Waals surface area contributed by atoms with Crippen molar-refractivity contribution in [2.24, 2.45) is 0 Å². The van der Waals surface area contributed by atoms with Crippen LogP contribution in [0.4, 0.5) is 11.4 Å². The summed E-state index contributed by atoms with van der Waals surface area (Å²) < 4.78 is 5.68. The number of carbonyl (C=O) groups is 2. The van der Waals surface area contributed by atoms with E-state index in [1.165, 1.54) is 0 Å². The van der Waals surface area contributed by atoms with Gasteiger partial charge in [-0.1, -0.05) is 47.5 Å². The Morgan fingerprint density at radius 1 is 0.781 bits per heavy atom. The number of nitrogens with one attached hydrogen (secondary N) is 2. The van der Waals surface area contributed by atoms with Crippen molar-refractivity contribution in [1.82, 2.24) is 0 Å². The Hall–Kier alpha value is -3.54. The fourth-order valence-corrected chi connectivity index (χ4v) is 3.57. The van der Waals surface area contributed by atoms with Gasteiger partial charge >= 0.3 is 0 Å². The van der Waals surface area contributed by atoms with Gasteiger partial charge in [0.1, 0.15) is 5.76 Å². The lowest BCUT2D eigenvalue weighted by Gasteiger charge is -2.09. The topological polar surface area (TPSA) is 71.3 Å². The highest BCUT2D eigenvalue weighted by atomic mass is 35.5. The summed E-state index contributed by atoms with van der Waals surface area (Å²) >= 11 is 12.2. The number of anilines is 2. The van der Waals surface area contributed by atoms with Gasteiger partial charge in [-0.05, 0) is 67.1 Å². The Balaban J connectivity index is 1.48. The zero-order valence-corrected chi connectivity index (χ0v) is 18.5. The van der Waals surface area contributed by atoms with E-state index in [1.54, 1.807) is 60.7 Å². The predicted molar refractivity (Wildman–Crippen MR) is 128 cm³/mol. The summed E-state index contributed by atoms with van der Waals surface area (Å²) in [6.07, 6.45) is 0. The number of halogens is 2. The lowest BCUT2D eigenvalue weighted by atomic mass is 10.1. The minimum Gasteiger partial charge on any atom is -0.451 e. The molecule has 4 aromatic rings. The maximum absolute atomic E-state index is 12.7. The van der Waals surface area contributed by atoms with E-state index in [4.69, 9.17) is 27.6 Å². The first-order valence-corrected chi connectivity index (χ1v) is 10.5. The molecule has 0 unspecified atom stereocenters. The van der Waals surface area contributed by atoms with E-state index in [0.29, 0.717) is 38.3 Å². The molecule has 1 heterocycles.